The molecule has 0 spiro atoms. The van der Waals surface area contributed by atoms with Crippen molar-refractivity contribution in [2.24, 2.45) is 0 Å². The maximum Gasteiger partial charge on any atom is 0.119 e. The monoisotopic (exact) mass is 175 g/mol. The number of hydrogen-bond acceptors (Lipinski definition) is 1. The summed E-state index contributed by atoms with van der Waals surface area (Å²) in [6.07, 6.45) is 6.38. The second-order valence-corrected chi connectivity index (χ2v) is 2.80. The summed E-state index contributed by atoms with van der Waals surface area (Å²) >= 11 is 0. The van der Waals surface area contributed by atoms with Gasteiger partial charge in [-0.3, -0.25) is 0 Å². The Morgan fingerprint density at radius 3 is 3.15 bits per heavy atom. The van der Waals surface area contributed by atoms with Gasteiger partial charge in [0.05, 0.1) is 6.61 Å². The van der Waals surface area contributed by atoms with Gasteiger partial charge in [0.1, 0.15) is 5.75 Å². The number of allylic oxidation sites excluding steroid dienone is 2. The van der Waals surface area contributed by atoms with Crippen LogP contribution in [0.1, 0.15) is 19.8 Å². The molecule has 13 heavy (non-hydrogen) atoms. The van der Waals surface area contributed by atoms with Gasteiger partial charge in [-0.2, -0.15) is 0 Å². The normalized spacial score (nSPS) is 10.5. The van der Waals surface area contributed by atoms with E-state index in [1.54, 1.807) is 0 Å². The molecule has 0 N–H and O–H groups in total. The van der Waals surface area contributed by atoms with Crippen molar-refractivity contribution in [1.29, 1.82) is 0 Å². The molecule has 0 aliphatic rings. The molecular weight excluding hydrogens is 160 g/mol. The summed E-state index contributed by atoms with van der Waals surface area (Å²) in [4.78, 5) is 0. The minimum atomic E-state index is 0.780. The average molecular weight is 175 g/mol. The standard InChI is InChI=1S/C12H15O/c1-2-3-4-8-11-13-12-9-6-5-7-10-12/h2-3,5-6,9-10H,4,8,11H2,1H3/b3-2+. The van der Waals surface area contributed by atoms with Gasteiger partial charge in [-0.25, -0.2) is 0 Å². The summed E-state index contributed by atoms with van der Waals surface area (Å²) in [5.74, 6) is 0.906. The van der Waals surface area contributed by atoms with Crippen LogP contribution >= 0.6 is 0 Å². The molecule has 0 atom stereocenters. The highest BCUT2D eigenvalue weighted by Gasteiger charge is 1.89. The van der Waals surface area contributed by atoms with E-state index in [0.29, 0.717) is 0 Å². The van der Waals surface area contributed by atoms with Crippen LogP contribution in [0.4, 0.5) is 0 Å². The molecule has 0 amide bonds. The van der Waals surface area contributed by atoms with Crippen LogP contribution < -0.4 is 4.74 Å². The van der Waals surface area contributed by atoms with Crippen LogP contribution in [0.5, 0.6) is 5.75 Å². The molecule has 1 rings (SSSR count). The minimum Gasteiger partial charge on any atom is -0.494 e. The Balaban J connectivity index is 2.13. The summed E-state index contributed by atoms with van der Waals surface area (Å²) in [7, 11) is 0. The lowest BCUT2D eigenvalue weighted by atomic mass is 10.3. The molecule has 0 unspecified atom stereocenters. The van der Waals surface area contributed by atoms with Crippen LogP contribution in [0.15, 0.2) is 36.4 Å². The maximum atomic E-state index is 5.49. The largest absolute Gasteiger partial charge is 0.494 e. The van der Waals surface area contributed by atoms with Gasteiger partial charge < -0.3 is 4.74 Å². The summed E-state index contributed by atoms with van der Waals surface area (Å²) in [5.41, 5.74) is 0. The van der Waals surface area contributed by atoms with Gasteiger partial charge in [0.2, 0.25) is 0 Å². The molecule has 0 aliphatic heterocycles. The lowest BCUT2D eigenvalue weighted by Crippen LogP contribution is -1.95. The molecule has 0 aromatic heterocycles. The third kappa shape index (κ3) is 4.36. The predicted octanol–water partition coefficient (Wildman–Crippen LogP) is 3.22. The molecule has 0 heterocycles. The van der Waals surface area contributed by atoms with Crippen molar-refractivity contribution in [3.05, 3.63) is 42.5 Å². The highest BCUT2D eigenvalue weighted by molar-refractivity contribution is 5.19. The first kappa shape index (κ1) is 9.85. The molecule has 0 saturated heterocycles. The predicted molar refractivity (Wildman–Crippen MR) is 54.8 cm³/mol. The smallest absolute Gasteiger partial charge is 0.119 e. The van der Waals surface area contributed by atoms with E-state index in [9.17, 15) is 0 Å². The van der Waals surface area contributed by atoms with Gasteiger partial charge in [-0.1, -0.05) is 24.3 Å². The molecule has 1 aromatic rings. The van der Waals surface area contributed by atoms with Crippen LogP contribution in [0.25, 0.3) is 0 Å². The van der Waals surface area contributed by atoms with Crippen LogP contribution in [0.3, 0.4) is 0 Å². The molecule has 0 fully saturated rings. The van der Waals surface area contributed by atoms with E-state index in [1.807, 2.05) is 31.2 Å². The molecule has 0 saturated carbocycles. The Kier molecular flexibility index (Phi) is 4.77. The lowest BCUT2D eigenvalue weighted by Gasteiger charge is -2.03. The number of benzene rings is 1. The first-order valence-electron chi connectivity index (χ1n) is 4.63. The Morgan fingerprint density at radius 1 is 1.54 bits per heavy atom. The molecule has 1 nitrogen and oxygen atoms in total. The molecule has 69 valence electrons. The Morgan fingerprint density at radius 2 is 2.46 bits per heavy atom. The van der Waals surface area contributed by atoms with E-state index in [-0.39, 0.29) is 0 Å². The Hall–Kier alpha value is -1.24. The molecule has 1 heteroatoms. The van der Waals surface area contributed by atoms with Gasteiger partial charge in [0.25, 0.3) is 0 Å². The van der Waals surface area contributed by atoms with Crippen LogP contribution in [0, 0.1) is 6.07 Å². The SMILES string of the molecule is C/C=C/CCCOc1c[c]ccc1. The van der Waals surface area contributed by atoms with Crippen LogP contribution in [-0.2, 0) is 0 Å². The summed E-state index contributed by atoms with van der Waals surface area (Å²) < 4.78 is 5.49. The number of unbranched alkanes of at least 4 members (excludes halogenated alkanes) is 1. The van der Waals surface area contributed by atoms with E-state index in [1.165, 1.54) is 0 Å². The molecule has 0 bridgehead atoms. The average Bonchev–Trinajstić information content (AvgIpc) is 2.19. The number of rotatable bonds is 5. The highest BCUT2D eigenvalue weighted by atomic mass is 16.5. The first-order chi connectivity index (χ1) is 6.43. The van der Waals surface area contributed by atoms with Gasteiger partial charge in [-0.15, -0.1) is 0 Å². The van der Waals surface area contributed by atoms with Crippen molar-refractivity contribution in [2.75, 3.05) is 6.61 Å². The highest BCUT2D eigenvalue weighted by Crippen LogP contribution is 2.08. The number of hydrogen-bond donors (Lipinski definition) is 0. The van der Waals surface area contributed by atoms with E-state index in [4.69, 9.17) is 4.74 Å². The van der Waals surface area contributed by atoms with E-state index in [2.05, 4.69) is 18.2 Å². The van der Waals surface area contributed by atoms with Crippen LogP contribution in [0.2, 0.25) is 0 Å². The molecule has 1 radical (unpaired) electrons. The third-order valence-corrected chi connectivity index (χ3v) is 1.70. The second-order valence-electron chi connectivity index (χ2n) is 2.80. The van der Waals surface area contributed by atoms with Crippen molar-refractivity contribution in [3.63, 3.8) is 0 Å². The van der Waals surface area contributed by atoms with Gasteiger partial charge in [-0.05, 0) is 38.0 Å². The van der Waals surface area contributed by atoms with Gasteiger partial charge in [0, 0.05) is 0 Å². The zero-order valence-electron chi connectivity index (χ0n) is 7.99. The molecular formula is C12H15O. The van der Waals surface area contributed by atoms with Crippen molar-refractivity contribution in [2.45, 2.75) is 19.8 Å². The fraction of sp³-hybridized carbons (Fsp3) is 0.333. The summed E-state index contributed by atoms with van der Waals surface area (Å²) in [6, 6.07) is 10.6. The van der Waals surface area contributed by atoms with Gasteiger partial charge in [0.15, 0.2) is 0 Å². The zero-order chi connectivity index (χ0) is 9.36. The first-order valence-corrected chi connectivity index (χ1v) is 4.63. The van der Waals surface area contributed by atoms with E-state index in [0.717, 1.165) is 25.2 Å². The Bertz CT molecular complexity index is 239. The second kappa shape index (κ2) is 6.30. The number of ether oxygens (including phenoxy) is 1. The lowest BCUT2D eigenvalue weighted by molar-refractivity contribution is 0.312. The minimum absolute atomic E-state index is 0.780. The van der Waals surface area contributed by atoms with Crippen LogP contribution in [-0.4, -0.2) is 6.61 Å². The summed E-state index contributed by atoms with van der Waals surface area (Å²) in [6.45, 7) is 2.81. The van der Waals surface area contributed by atoms with Crippen molar-refractivity contribution in [3.8, 4) is 5.75 Å². The van der Waals surface area contributed by atoms with Crippen molar-refractivity contribution >= 4 is 0 Å². The zero-order valence-corrected chi connectivity index (χ0v) is 7.99. The van der Waals surface area contributed by atoms with E-state index >= 15 is 0 Å². The van der Waals surface area contributed by atoms with Gasteiger partial charge >= 0.3 is 0 Å². The fourth-order valence-electron chi connectivity index (χ4n) is 1.02. The quantitative estimate of drug-likeness (QED) is 0.493. The van der Waals surface area contributed by atoms with Crippen molar-refractivity contribution < 1.29 is 4.74 Å². The maximum absolute atomic E-state index is 5.49. The third-order valence-electron chi connectivity index (χ3n) is 1.70. The molecule has 0 aliphatic carbocycles. The topological polar surface area (TPSA) is 9.23 Å². The molecule has 1 aromatic carbocycles. The fourth-order valence-corrected chi connectivity index (χ4v) is 1.02. The van der Waals surface area contributed by atoms with Crippen molar-refractivity contribution in [1.82, 2.24) is 0 Å². The Labute approximate surface area is 80.0 Å². The summed E-state index contributed by atoms with van der Waals surface area (Å²) in [5, 5.41) is 0. The van der Waals surface area contributed by atoms with E-state index < -0.39 is 0 Å².